The zero-order valence-electron chi connectivity index (χ0n) is 16.0. The number of carbonyl (C=O) groups is 2. The largest absolute Gasteiger partial charge is 0.457 e. The van der Waals surface area contributed by atoms with Crippen molar-refractivity contribution in [1.82, 2.24) is 15.0 Å². The summed E-state index contributed by atoms with van der Waals surface area (Å²) in [7, 11) is 1.73. The van der Waals surface area contributed by atoms with Gasteiger partial charge in [-0.25, -0.2) is 0 Å². The molecule has 1 aromatic heterocycles. The Morgan fingerprint density at radius 3 is 2.90 bits per heavy atom. The summed E-state index contributed by atoms with van der Waals surface area (Å²) < 4.78 is 7.14. The smallest absolute Gasteiger partial charge is 0.312 e. The van der Waals surface area contributed by atoms with Gasteiger partial charge in [0.1, 0.15) is 11.8 Å². The maximum absolute atomic E-state index is 12.6. The van der Waals surface area contributed by atoms with Gasteiger partial charge in [0.15, 0.2) is 0 Å². The van der Waals surface area contributed by atoms with Crippen molar-refractivity contribution in [3.05, 3.63) is 64.3 Å². The molecule has 4 rings (SSSR count). The third-order valence-electron chi connectivity index (χ3n) is 4.91. The number of ether oxygens (including phenoxy) is 1. The highest BCUT2D eigenvalue weighted by atomic mass is 35.5. The van der Waals surface area contributed by atoms with E-state index in [1.54, 1.807) is 24.7 Å². The van der Waals surface area contributed by atoms with E-state index in [4.69, 9.17) is 16.3 Å². The molecule has 0 fully saturated rings. The average molecular weight is 411 g/mol. The first-order chi connectivity index (χ1) is 13.9. The summed E-state index contributed by atoms with van der Waals surface area (Å²) in [5.41, 5.74) is 4.49. The molecule has 7 nitrogen and oxygen atoms in total. The van der Waals surface area contributed by atoms with Crippen LogP contribution in [0.2, 0.25) is 5.02 Å². The minimum atomic E-state index is -0.474. The minimum absolute atomic E-state index is 0.0158. The fourth-order valence-electron chi connectivity index (χ4n) is 3.42. The summed E-state index contributed by atoms with van der Waals surface area (Å²) in [5, 5.41) is 11.6. The number of anilines is 1. The standard InChI is InChI=1S/C21H19ClN4O3/c1-12(15-5-3-4-6-16(15)22)29-20(28)11-18-21(24-25-26(18)2)13-7-8-17-14(9-13)10-19(27)23-17/h3-9,12H,10-11H2,1-2H3,(H,23,27)/t12-/m1/s1. The Morgan fingerprint density at radius 1 is 1.31 bits per heavy atom. The van der Waals surface area contributed by atoms with Crippen molar-refractivity contribution in [1.29, 1.82) is 0 Å². The van der Waals surface area contributed by atoms with Gasteiger partial charge in [-0.3, -0.25) is 14.3 Å². The molecule has 0 radical (unpaired) electrons. The van der Waals surface area contributed by atoms with E-state index >= 15 is 0 Å². The lowest BCUT2D eigenvalue weighted by Crippen LogP contribution is -2.14. The Bertz CT molecular complexity index is 1110. The van der Waals surface area contributed by atoms with Crippen LogP contribution in [0.4, 0.5) is 5.69 Å². The van der Waals surface area contributed by atoms with E-state index in [1.807, 2.05) is 36.4 Å². The third kappa shape index (κ3) is 3.86. The molecule has 2 heterocycles. The lowest BCUT2D eigenvalue weighted by Gasteiger charge is -2.15. The monoisotopic (exact) mass is 410 g/mol. The average Bonchev–Trinajstić information content (AvgIpc) is 3.23. The fourth-order valence-corrected chi connectivity index (χ4v) is 3.71. The number of hydrogen-bond acceptors (Lipinski definition) is 5. The quantitative estimate of drug-likeness (QED) is 0.651. The summed E-state index contributed by atoms with van der Waals surface area (Å²) in [6.07, 6.45) is -0.129. The molecule has 1 aliphatic heterocycles. The molecule has 1 amide bonds. The Balaban J connectivity index is 1.54. The van der Waals surface area contributed by atoms with Crippen LogP contribution in [-0.4, -0.2) is 26.9 Å². The van der Waals surface area contributed by atoms with Gasteiger partial charge in [-0.15, -0.1) is 5.10 Å². The molecule has 29 heavy (non-hydrogen) atoms. The van der Waals surface area contributed by atoms with Gasteiger partial charge in [0.05, 0.1) is 18.5 Å². The summed E-state index contributed by atoms with van der Waals surface area (Å²) in [6.45, 7) is 1.78. The number of amides is 1. The second-order valence-corrected chi connectivity index (χ2v) is 7.34. The van der Waals surface area contributed by atoms with Crippen LogP contribution >= 0.6 is 11.6 Å². The van der Waals surface area contributed by atoms with Crippen LogP contribution in [0, 0.1) is 0 Å². The predicted molar refractivity (Wildman–Crippen MR) is 108 cm³/mol. The van der Waals surface area contributed by atoms with E-state index in [2.05, 4.69) is 15.6 Å². The van der Waals surface area contributed by atoms with Crippen LogP contribution < -0.4 is 5.32 Å². The number of benzene rings is 2. The maximum Gasteiger partial charge on any atom is 0.312 e. The SMILES string of the molecule is C[C@@H](OC(=O)Cc1c(-c2ccc3c(c2)CC(=O)N3)nnn1C)c1ccccc1Cl. The Morgan fingerprint density at radius 2 is 2.10 bits per heavy atom. The normalized spacial score (nSPS) is 13.7. The molecule has 0 aliphatic carbocycles. The first-order valence-electron chi connectivity index (χ1n) is 9.18. The molecule has 0 saturated carbocycles. The van der Waals surface area contributed by atoms with Crippen LogP contribution in [0.15, 0.2) is 42.5 Å². The van der Waals surface area contributed by atoms with Crippen molar-refractivity contribution in [2.45, 2.75) is 25.9 Å². The summed E-state index contributed by atoms with van der Waals surface area (Å²) in [4.78, 5) is 24.2. The zero-order chi connectivity index (χ0) is 20.5. The van der Waals surface area contributed by atoms with Crippen molar-refractivity contribution >= 4 is 29.2 Å². The van der Waals surface area contributed by atoms with Gasteiger partial charge in [0, 0.05) is 28.9 Å². The fraction of sp³-hybridized carbons (Fsp3) is 0.238. The lowest BCUT2D eigenvalue weighted by molar-refractivity contribution is -0.147. The van der Waals surface area contributed by atoms with Crippen molar-refractivity contribution in [3.8, 4) is 11.3 Å². The molecular formula is C21H19ClN4O3. The highest BCUT2D eigenvalue weighted by Crippen LogP contribution is 2.30. The second-order valence-electron chi connectivity index (χ2n) is 6.94. The first-order valence-corrected chi connectivity index (χ1v) is 9.56. The predicted octanol–water partition coefficient (Wildman–Crippen LogP) is 3.48. The number of aryl methyl sites for hydroxylation is 1. The van der Waals surface area contributed by atoms with Gasteiger partial charge in [0.2, 0.25) is 5.91 Å². The minimum Gasteiger partial charge on any atom is -0.457 e. The molecule has 1 atom stereocenters. The molecule has 3 aromatic rings. The lowest BCUT2D eigenvalue weighted by atomic mass is 10.0. The number of nitrogens with one attached hydrogen (secondary N) is 1. The highest BCUT2D eigenvalue weighted by Gasteiger charge is 2.22. The van der Waals surface area contributed by atoms with Crippen molar-refractivity contribution in [3.63, 3.8) is 0 Å². The van der Waals surface area contributed by atoms with Gasteiger partial charge in [-0.1, -0.05) is 41.1 Å². The molecule has 148 valence electrons. The molecule has 2 aromatic carbocycles. The second kappa shape index (κ2) is 7.67. The van der Waals surface area contributed by atoms with Crippen LogP contribution in [0.3, 0.4) is 0 Å². The summed E-state index contributed by atoms with van der Waals surface area (Å²) >= 11 is 6.19. The number of esters is 1. The molecule has 8 heteroatoms. The molecule has 0 unspecified atom stereocenters. The highest BCUT2D eigenvalue weighted by molar-refractivity contribution is 6.31. The van der Waals surface area contributed by atoms with Gasteiger partial charge in [0.25, 0.3) is 0 Å². The number of halogens is 1. The van der Waals surface area contributed by atoms with Crippen molar-refractivity contribution in [2.24, 2.45) is 7.05 Å². The molecule has 1 aliphatic rings. The number of hydrogen-bond donors (Lipinski definition) is 1. The van der Waals surface area contributed by atoms with E-state index < -0.39 is 12.1 Å². The number of nitrogens with zero attached hydrogens (tertiary/aromatic N) is 3. The van der Waals surface area contributed by atoms with Crippen molar-refractivity contribution < 1.29 is 14.3 Å². The number of carbonyl (C=O) groups excluding carboxylic acids is 2. The van der Waals surface area contributed by atoms with Crippen LogP contribution in [0.1, 0.15) is 29.8 Å². The van der Waals surface area contributed by atoms with Gasteiger partial charge in [-0.2, -0.15) is 0 Å². The van der Waals surface area contributed by atoms with E-state index in [1.165, 1.54) is 0 Å². The van der Waals surface area contributed by atoms with E-state index in [-0.39, 0.29) is 12.3 Å². The molecule has 1 N–H and O–H groups in total. The Labute approximate surface area is 172 Å². The maximum atomic E-state index is 12.6. The number of aromatic nitrogens is 3. The zero-order valence-corrected chi connectivity index (χ0v) is 16.7. The molecule has 0 spiro atoms. The summed E-state index contributed by atoms with van der Waals surface area (Å²) in [5.74, 6) is -0.435. The van der Waals surface area contributed by atoms with E-state index in [0.717, 1.165) is 22.4 Å². The van der Waals surface area contributed by atoms with E-state index in [0.29, 0.717) is 22.8 Å². The van der Waals surface area contributed by atoms with Gasteiger partial charge in [-0.05, 0) is 30.7 Å². The van der Waals surface area contributed by atoms with Crippen LogP contribution in [0.5, 0.6) is 0 Å². The number of rotatable bonds is 5. The van der Waals surface area contributed by atoms with Gasteiger partial charge < -0.3 is 10.1 Å². The number of fused-ring (bicyclic) bond motifs is 1. The molecule has 0 saturated heterocycles. The molecular weight excluding hydrogens is 392 g/mol. The Hall–Kier alpha value is -3.19. The topological polar surface area (TPSA) is 86.1 Å². The third-order valence-corrected chi connectivity index (χ3v) is 5.25. The van der Waals surface area contributed by atoms with Crippen LogP contribution in [-0.2, 0) is 34.2 Å². The van der Waals surface area contributed by atoms with E-state index in [9.17, 15) is 9.59 Å². The summed E-state index contributed by atoms with van der Waals surface area (Å²) in [6, 6.07) is 12.9. The first kappa shape index (κ1) is 19.1. The van der Waals surface area contributed by atoms with Gasteiger partial charge >= 0.3 is 5.97 Å². The Kier molecular flexibility index (Phi) is 5.07. The van der Waals surface area contributed by atoms with Crippen LogP contribution in [0.25, 0.3) is 11.3 Å². The molecule has 0 bridgehead atoms. The van der Waals surface area contributed by atoms with Crippen molar-refractivity contribution in [2.75, 3.05) is 5.32 Å².